The number of rotatable bonds is 9. The van der Waals surface area contributed by atoms with Crippen LogP contribution in [0.1, 0.15) is 18.9 Å². The van der Waals surface area contributed by atoms with E-state index in [0.717, 1.165) is 60.8 Å². The van der Waals surface area contributed by atoms with Crippen LogP contribution in [0.3, 0.4) is 0 Å². The van der Waals surface area contributed by atoms with E-state index in [9.17, 15) is 0 Å². The number of methoxy groups -OCH3 is 3. The number of ether oxygens (including phenoxy) is 3. The Bertz CT molecular complexity index is 1260. The van der Waals surface area contributed by atoms with Crippen LogP contribution in [0.15, 0.2) is 55.2 Å². The number of nitrogens with zero attached hydrogens (tertiary/aromatic N) is 6. The molecule has 0 amide bonds. The Morgan fingerprint density at radius 1 is 1.09 bits per heavy atom. The molecule has 4 aromatic rings. The molecule has 0 aliphatic carbocycles. The van der Waals surface area contributed by atoms with Crippen molar-refractivity contribution < 1.29 is 14.2 Å². The van der Waals surface area contributed by atoms with E-state index in [2.05, 4.69) is 30.0 Å². The first-order chi connectivity index (χ1) is 17.2. The number of hydrogen-bond acceptors (Lipinski definition) is 8. The van der Waals surface area contributed by atoms with Crippen LogP contribution in [0.5, 0.6) is 5.75 Å². The minimum Gasteiger partial charge on any atom is -0.497 e. The lowest BCUT2D eigenvalue weighted by atomic mass is 10.1. The van der Waals surface area contributed by atoms with Gasteiger partial charge in [0, 0.05) is 58.0 Å². The molecule has 0 unspecified atom stereocenters. The summed E-state index contributed by atoms with van der Waals surface area (Å²) in [4.78, 5) is 11.6. The van der Waals surface area contributed by atoms with Crippen LogP contribution in [0.25, 0.3) is 16.9 Å². The summed E-state index contributed by atoms with van der Waals surface area (Å²) in [6, 6.07) is 8.28. The van der Waals surface area contributed by atoms with Gasteiger partial charge in [-0.2, -0.15) is 5.10 Å². The molecular formula is C25H31N7O3. The van der Waals surface area contributed by atoms with Crippen molar-refractivity contribution in [3.8, 4) is 17.0 Å². The van der Waals surface area contributed by atoms with Crippen molar-refractivity contribution in [2.75, 3.05) is 46.3 Å². The number of anilines is 2. The summed E-state index contributed by atoms with van der Waals surface area (Å²) in [5, 5.41) is 8.02. The normalized spacial score (nSPS) is 15.2. The third-order valence-electron chi connectivity index (χ3n) is 6.52. The monoisotopic (exact) mass is 477 g/mol. The van der Waals surface area contributed by atoms with Gasteiger partial charge in [0.05, 0.1) is 36.9 Å². The molecule has 4 heterocycles. The molecule has 1 saturated heterocycles. The topological polar surface area (TPSA) is 91.0 Å². The van der Waals surface area contributed by atoms with Gasteiger partial charge in [0.1, 0.15) is 5.75 Å². The van der Waals surface area contributed by atoms with Crippen molar-refractivity contribution in [2.45, 2.75) is 25.2 Å². The first-order valence-electron chi connectivity index (χ1n) is 11.7. The number of piperidine rings is 1. The molecule has 5 rings (SSSR count). The Morgan fingerprint density at radius 3 is 2.69 bits per heavy atom. The molecule has 0 bridgehead atoms. The fourth-order valence-corrected chi connectivity index (χ4v) is 4.56. The van der Waals surface area contributed by atoms with Crippen LogP contribution in [-0.2, 0) is 9.47 Å². The summed E-state index contributed by atoms with van der Waals surface area (Å²) in [5.74, 6) is 1.48. The zero-order valence-corrected chi connectivity index (χ0v) is 20.3. The Labute approximate surface area is 204 Å². The smallest absolute Gasteiger partial charge is 0.180 e. The lowest BCUT2D eigenvalue weighted by Crippen LogP contribution is -2.40. The second kappa shape index (κ2) is 10.4. The second-order valence-electron chi connectivity index (χ2n) is 8.61. The number of fused-ring (bicyclic) bond motifs is 1. The standard InChI is InChI=1S/C25H31N7O3/c1-33-21-6-4-5-18(13-21)22-15-27-24(25-26-9-12-31(22)25)29-19-14-28-32(16-19)20-7-10-30(11-8-20)17-23(34-2)35-3/h4-6,9,12-16,20,23H,7-8,10-11,17H2,1-3H3,(H,27,29). The van der Waals surface area contributed by atoms with Crippen molar-refractivity contribution in [1.29, 1.82) is 0 Å². The van der Waals surface area contributed by atoms with E-state index in [1.807, 2.05) is 53.5 Å². The van der Waals surface area contributed by atoms with Crippen LogP contribution >= 0.6 is 0 Å². The van der Waals surface area contributed by atoms with E-state index in [0.29, 0.717) is 11.9 Å². The van der Waals surface area contributed by atoms with E-state index in [-0.39, 0.29) is 6.29 Å². The molecule has 10 heteroatoms. The van der Waals surface area contributed by atoms with Gasteiger partial charge in [-0.1, -0.05) is 12.1 Å². The number of aromatic nitrogens is 5. The van der Waals surface area contributed by atoms with Gasteiger partial charge in [0.15, 0.2) is 17.8 Å². The number of benzene rings is 1. The third-order valence-corrected chi connectivity index (χ3v) is 6.52. The lowest BCUT2D eigenvalue weighted by molar-refractivity contribution is -0.118. The summed E-state index contributed by atoms with van der Waals surface area (Å²) in [5.41, 5.74) is 3.58. The maximum Gasteiger partial charge on any atom is 0.180 e. The van der Waals surface area contributed by atoms with Crippen molar-refractivity contribution in [3.63, 3.8) is 0 Å². The van der Waals surface area contributed by atoms with Crippen molar-refractivity contribution in [2.24, 2.45) is 0 Å². The number of hydrogen-bond donors (Lipinski definition) is 1. The predicted octanol–water partition coefficient (Wildman–Crippen LogP) is 3.60. The molecule has 1 N–H and O–H groups in total. The van der Waals surface area contributed by atoms with Crippen molar-refractivity contribution in [3.05, 3.63) is 55.2 Å². The molecule has 10 nitrogen and oxygen atoms in total. The van der Waals surface area contributed by atoms with Crippen LogP contribution in [0.2, 0.25) is 0 Å². The maximum absolute atomic E-state index is 5.38. The summed E-state index contributed by atoms with van der Waals surface area (Å²) >= 11 is 0. The maximum atomic E-state index is 5.38. The van der Waals surface area contributed by atoms with Gasteiger partial charge in [-0.3, -0.25) is 14.0 Å². The molecular weight excluding hydrogens is 446 g/mol. The minimum absolute atomic E-state index is 0.186. The van der Waals surface area contributed by atoms with Crippen LogP contribution in [-0.4, -0.2) is 76.3 Å². The molecule has 1 aromatic carbocycles. The average Bonchev–Trinajstić information content (AvgIpc) is 3.58. The van der Waals surface area contributed by atoms with Crippen molar-refractivity contribution in [1.82, 2.24) is 29.0 Å². The Kier molecular flexibility index (Phi) is 6.94. The molecule has 0 spiro atoms. The largest absolute Gasteiger partial charge is 0.497 e. The summed E-state index contributed by atoms with van der Waals surface area (Å²) < 4.78 is 20.1. The first kappa shape index (κ1) is 23.3. The average molecular weight is 478 g/mol. The molecule has 0 saturated carbocycles. The fraction of sp³-hybridized carbons (Fsp3) is 0.400. The second-order valence-corrected chi connectivity index (χ2v) is 8.61. The highest BCUT2D eigenvalue weighted by molar-refractivity contribution is 5.74. The quantitative estimate of drug-likeness (QED) is 0.366. The molecule has 184 valence electrons. The summed E-state index contributed by atoms with van der Waals surface area (Å²) in [6.07, 6.45) is 11.3. The molecule has 0 atom stereocenters. The Morgan fingerprint density at radius 2 is 1.91 bits per heavy atom. The Balaban J connectivity index is 1.28. The summed E-state index contributed by atoms with van der Waals surface area (Å²) in [7, 11) is 5.02. The zero-order valence-electron chi connectivity index (χ0n) is 20.3. The van der Waals surface area contributed by atoms with Gasteiger partial charge in [-0.15, -0.1) is 0 Å². The zero-order chi connectivity index (χ0) is 24.2. The predicted molar refractivity (Wildman–Crippen MR) is 133 cm³/mol. The highest BCUT2D eigenvalue weighted by Gasteiger charge is 2.23. The summed E-state index contributed by atoms with van der Waals surface area (Å²) in [6.45, 7) is 2.75. The fourth-order valence-electron chi connectivity index (χ4n) is 4.56. The molecule has 35 heavy (non-hydrogen) atoms. The highest BCUT2D eigenvalue weighted by Crippen LogP contribution is 2.28. The van der Waals surface area contributed by atoms with E-state index < -0.39 is 0 Å². The number of nitrogens with one attached hydrogen (secondary N) is 1. The van der Waals surface area contributed by atoms with Gasteiger partial charge < -0.3 is 19.5 Å². The third kappa shape index (κ3) is 5.00. The molecule has 1 fully saturated rings. The van der Waals surface area contributed by atoms with E-state index in [4.69, 9.17) is 14.2 Å². The van der Waals surface area contributed by atoms with Gasteiger partial charge in [0.2, 0.25) is 0 Å². The van der Waals surface area contributed by atoms with Gasteiger partial charge in [-0.25, -0.2) is 9.97 Å². The SMILES string of the molecule is COc1cccc(-c2cnc(Nc3cnn(C4CCN(CC(OC)OC)CC4)c3)c3nccn23)c1. The molecule has 3 aromatic heterocycles. The number of imidazole rings is 1. The van der Waals surface area contributed by atoms with E-state index in [1.165, 1.54) is 0 Å². The van der Waals surface area contributed by atoms with Gasteiger partial charge >= 0.3 is 0 Å². The minimum atomic E-state index is -0.186. The lowest BCUT2D eigenvalue weighted by Gasteiger charge is -2.33. The van der Waals surface area contributed by atoms with Crippen LogP contribution in [0, 0.1) is 0 Å². The van der Waals surface area contributed by atoms with Crippen molar-refractivity contribution >= 4 is 17.2 Å². The highest BCUT2D eigenvalue weighted by atomic mass is 16.7. The first-order valence-corrected chi connectivity index (χ1v) is 11.7. The van der Waals surface area contributed by atoms with E-state index >= 15 is 0 Å². The number of likely N-dealkylation sites (tertiary alicyclic amines) is 1. The van der Waals surface area contributed by atoms with Crippen LogP contribution in [0.4, 0.5) is 11.5 Å². The molecule has 1 aliphatic heterocycles. The Hall–Kier alpha value is -3.47. The molecule has 0 radical (unpaired) electrons. The van der Waals surface area contributed by atoms with Gasteiger partial charge in [0.25, 0.3) is 0 Å². The van der Waals surface area contributed by atoms with Gasteiger partial charge in [-0.05, 0) is 25.0 Å². The van der Waals surface area contributed by atoms with E-state index in [1.54, 1.807) is 27.5 Å². The molecule has 1 aliphatic rings. The van der Waals surface area contributed by atoms with Crippen LogP contribution < -0.4 is 10.1 Å².